The molecular weight excluding hydrogens is 242 g/mol. The van der Waals surface area contributed by atoms with E-state index < -0.39 is 0 Å². The van der Waals surface area contributed by atoms with Crippen LogP contribution in [0.1, 0.15) is 11.1 Å². The zero-order valence-corrected chi connectivity index (χ0v) is 11.1. The number of thioether (sulfide) groups is 1. The maximum Gasteiger partial charge on any atom is 0.101 e. The molecule has 4 heteroatoms. The molecule has 1 aliphatic rings. The number of hydrogen-bond donors (Lipinski definition) is 0. The monoisotopic (exact) mass is 257 g/mol. The highest BCUT2D eigenvalue weighted by Gasteiger charge is 2.20. The highest BCUT2D eigenvalue weighted by molar-refractivity contribution is 8.14. The molecule has 3 rings (SSSR count). The van der Waals surface area contributed by atoms with Gasteiger partial charge in [-0.25, -0.2) is 0 Å². The zero-order valence-electron chi connectivity index (χ0n) is 10.3. The fourth-order valence-electron chi connectivity index (χ4n) is 2.10. The van der Waals surface area contributed by atoms with Gasteiger partial charge in [0.2, 0.25) is 0 Å². The maximum atomic E-state index is 4.79. The molecule has 0 radical (unpaired) electrons. The van der Waals surface area contributed by atoms with Crippen molar-refractivity contribution in [1.82, 2.24) is 9.78 Å². The summed E-state index contributed by atoms with van der Waals surface area (Å²) < 4.78 is 1.82. The summed E-state index contributed by atoms with van der Waals surface area (Å²) in [6.45, 7) is 0. The molecule has 0 N–H and O–H groups in total. The molecule has 92 valence electrons. The van der Waals surface area contributed by atoms with Crippen molar-refractivity contribution in [2.75, 3.05) is 5.75 Å². The molecule has 2 heterocycles. The number of benzene rings is 1. The third-order valence-electron chi connectivity index (χ3n) is 2.98. The first kappa shape index (κ1) is 11.5. The Labute approximate surface area is 111 Å². The van der Waals surface area contributed by atoms with Crippen LogP contribution in [-0.4, -0.2) is 26.6 Å². The van der Waals surface area contributed by atoms with Gasteiger partial charge in [0, 0.05) is 24.6 Å². The summed E-state index contributed by atoms with van der Waals surface area (Å²) in [5.74, 6) is 1.07. The van der Waals surface area contributed by atoms with Gasteiger partial charge in [-0.1, -0.05) is 30.3 Å². The Morgan fingerprint density at radius 2 is 2.17 bits per heavy atom. The minimum atomic E-state index is 0.396. The van der Waals surface area contributed by atoms with Crippen molar-refractivity contribution in [2.45, 2.75) is 12.5 Å². The molecule has 0 aliphatic carbocycles. The van der Waals surface area contributed by atoms with Gasteiger partial charge in [-0.15, -0.1) is 11.8 Å². The molecular formula is C14H15N3S. The van der Waals surface area contributed by atoms with Crippen molar-refractivity contribution in [3.8, 4) is 0 Å². The third kappa shape index (κ3) is 2.48. The fraction of sp³-hybridized carbons (Fsp3) is 0.286. The molecule has 3 nitrogen and oxygen atoms in total. The second-order valence-electron chi connectivity index (χ2n) is 4.49. The topological polar surface area (TPSA) is 30.2 Å². The third-order valence-corrected chi connectivity index (χ3v) is 4.14. The van der Waals surface area contributed by atoms with Crippen LogP contribution in [0.2, 0.25) is 0 Å². The van der Waals surface area contributed by atoms with Crippen LogP contribution >= 0.6 is 11.8 Å². The van der Waals surface area contributed by atoms with Crippen molar-refractivity contribution < 1.29 is 0 Å². The Morgan fingerprint density at radius 3 is 2.89 bits per heavy atom. The number of aromatic nitrogens is 2. The first-order valence-electron chi connectivity index (χ1n) is 6.05. The van der Waals surface area contributed by atoms with Crippen LogP contribution in [-0.2, 0) is 13.5 Å². The van der Waals surface area contributed by atoms with E-state index in [1.54, 1.807) is 0 Å². The molecule has 0 bridgehead atoms. The van der Waals surface area contributed by atoms with E-state index in [2.05, 4.69) is 35.4 Å². The average molecular weight is 257 g/mol. The molecule has 0 fully saturated rings. The van der Waals surface area contributed by atoms with Crippen molar-refractivity contribution >= 4 is 16.8 Å². The fourth-order valence-corrected chi connectivity index (χ4v) is 3.13. The van der Waals surface area contributed by atoms with Crippen molar-refractivity contribution in [2.24, 2.45) is 12.0 Å². The van der Waals surface area contributed by atoms with E-state index in [1.165, 1.54) is 5.56 Å². The quantitative estimate of drug-likeness (QED) is 0.846. The van der Waals surface area contributed by atoms with Gasteiger partial charge in [-0.2, -0.15) is 5.10 Å². The van der Waals surface area contributed by atoms with E-state index in [4.69, 9.17) is 4.99 Å². The lowest BCUT2D eigenvalue weighted by Gasteiger charge is -2.04. The highest BCUT2D eigenvalue weighted by atomic mass is 32.2. The number of nitrogens with zero attached hydrogens (tertiary/aromatic N) is 3. The van der Waals surface area contributed by atoms with Crippen LogP contribution < -0.4 is 0 Å². The lowest BCUT2D eigenvalue weighted by molar-refractivity contribution is 0.762. The van der Waals surface area contributed by atoms with Crippen LogP contribution in [0.25, 0.3) is 0 Å². The number of rotatable bonds is 3. The van der Waals surface area contributed by atoms with Gasteiger partial charge in [0.05, 0.1) is 12.2 Å². The van der Waals surface area contributed by atoms with Crippen LogP contribution in [0.5, 0.6) is 0 Å². The van der Waals surface area contributed by atoms with Crippen LogP contribution in [0.3, 0.4) is 0 Å². The van der Waals surface area contributed by atoms with Crippen molar-refractivity contribution in [1.29, 1.82) is 0 Å². The molecule has 1 unspecified atom stereocenters. The Kier molecular flexibility index (Phi) is 3.19. The maximum absolute atomic E-state index is 4.79. The van der Waals surface area contributed by atoms with Gasteiger partial charge >= 0.3 is 0 Å². The summed E-state index contributed by atoms with van der Waals surface area (Å²) in [6, 6.07) is 11.0. The largest absolute Gasteiger partial charge is 0.275 e. The summed E-state index contributed by atoms with van der Waals surface area (Å²) in [6.07, 6.45) is 4.94. The molecule has 0 saturated heterocycles. The molecule has 1 aromatic carbocycles. The minimum absolute atomic E-state index is 0.396. The van der Waals surface area contributed by atoms with E-state index in [-0.39, 0.29) is 0 Å². The predicted molar refractivity (Wildman–Crippen MR) is 76.1 cm³/mol. The Balaban J connectivity index is 1.72. The summed E-state index contributed by atoms with van der Waals surface area (Å²) in [5, 5.41) is 5.32. The van der Waals surface area contributed by atoms with E-state index in [9.17, 15) is 0 Å². The lowest BCUT2D eigenvalue weighted by Crippen LogP contribution is -2.07. The summed E-state index contributed by atoms with van der Waals surface area (Å²) in [7, 11) is 1.94. The molecule has 18 heavy (non-hydrogen) atoms. The average Bonchev–Trinajstić information content (AvgIpc) is 2.99. The van der Waals surface area contributed by atoms with Crippen LogP contribution in [0.4, 0.5) is 0 Å². The smallest absolute Gasteiger partial charge is 0.101 e. The van der Waals surface area contributed by atoms with Gasteiger partial charge in [-0.05, 0) is 12.0 Å². The molecule has 1 aromatic heterocycles. The van der Waals surface area contributed by atoms with E-state index >= 15 is 0 Å². The first-order valence-corrected chi connectivity index (χ1v) is 7.03. The van der Waals surface area contributed by atoms with Crippen molar-refractivity contribution in [3.63, 3.8) is 0 Å². The minimum Gasteiger partial charge on any atom is -0.275 e. The summed E-state index contributed by atoms with van der Waals surface area (Å²) in [5.41, 5.74) is 2.50. The van der Waals surface area contributed by atoms with Gasteiger partial charge in [-0.3, -0.25) is 9.67 Å². The van der Waals surface area contributed by atoms with Gasteiger partial charge in [0.25, 0.3) is 0 Å². The van der Waals surface area contributed by atoms with Crippen molar-refractivity contribution in [3.05, 3.63) is 53.9 Å². The summed E-state index contributed by atoms with van der Waals surface area (Å²) in [4.78, 5) is 4.79. The SMILES string of the molecule is Cn1cc(C2=NC(Cc3ccccc3)CS2)cn1. The van der Waals surface area contributed by atoms with Gasteiger partial charge < -0.3 is 0 Å². The predicted octanol–water partition coefficient (Wildman–Crippen LogP) is 2.52. The van der Waals surface area contributed by atoms with E-state index in [0.717, 1.165) is 22.8 Å². The van der Waals surface area contributed by atoms with E-state index in [1.807, 2.05) is 35.9 Å². The number of aliphatic imine (C=N–C) groups is 1. The lowest BCUT2D eigenvalue weighted by atomic mass is 10.1. The molecule has 2 aromatic rings. The normalized spacial score (nSPS) is 18.9. The Bertz CT molecular complexity index is 559. The highest BCUT2D eigenvalue weighted by Crippen LogP contribution is 2.25. The van der Waals surface area contributed by atoms with Gasteiger partial charge in [0.15, 0.2) is 0 Å². The summed E-state index contributed by atoms with van der Waals surface area (Å²) >= 11 is 1.83. The molecule has 0 spiro atoms. The van der Waals surface area contributed by atoms with Gasteiger partial charge in [0.1, 0.15) is 5.04 Å². The Morgan fingerprint density at radius 1 is 1.33 bits per heavy atom. The first-order chi connectivity index (χ1) is 8.81. The molecule has 1 atom stereocenters. The molecule has 0 saturated carbocycles. The molecule has 0 amide bonds. The van der Waals surface area contributed by atoms with E-state index in [0.29, 0.717) is 6.04 Å². The van der Waals surface area contributed by atoms with Crippen LogP contribution in [0.15, 0.2) is 47.7 Å². The second-order valence-corrected chi connectivity index (χ2v) is 5.50. The molecule has 1 aliphatic heterocycles. The second kappa shape index (κ2) is 4.98. The Hall–Kier alpha value is -1.55. The number of aryl methyl sites for hydroxylation is 1. The van der Waals surface area contributed by atoms with Crippen LogP contribution in [0, 0.1) is 0 Å². The zero-order chi connectivity index (χ0) is 12.4. The number of hydrogen-bond acceptors (Lipinski definition) is 3. The standard InChI is InChI=1S/C14H15N3S/c1-17-9-12(8-15-17)14-16-13(10-18-14)7-11-5-3-2-4-6-11/h2-6,8-9,13H,7,10H2,1H3.